The molecule has 0 aliphatic carbocycles. The first-order chi connectivity index (χ1) is 11.3. The van der Waals surface area contributed by atoms with Gasteiger partial charge >= 0.3 is 0 Å². The molecule has 2 N–H and O–H groups in total. The molecule has 0 aliphatic heterocycles. The van der Waals surface area contributed by atoms with Crippen LogP contribution in [0.4, 0.5) is 0 Å². The van der Waals surface area contributed by atoms with Crippen LogP contribution in [0.15, 0.2) is 48.9 Å². The predicted octanol–water partition coefficient (Wildman–Crippen LogP) is 3.85. The Morgan fingerprint density at radius 1 is 1.09 bits per heavy atom. The molecular weight excluding hydrogens is 284 g/mol. The highest BCUT2D eigenvalue weighted by atomic mass is 15.1. The van der Waals surface area contributed by atoms with E-state index >= 15 is 0 Å². The lowest BCUT2D eigenvalue weighted by molar-refractivity contribution is 0.488. The molecule has 120 valence electrons. The molecule has 0 fully saturated rings. The van der Waals surface area contributed by atoms with Gasteiger partial charge in [0.1, 0.15) is 0 Å². The van der Waals surface area contributed by atoms with Gasteiger partial charge in [0.25, 0.3) is 0 Å². The third-order valence-electron chi connectivity index (χ3n) is 4.25. The predicted molar refractivity (Wildman–Crippen MR) is 94.2 cm³/mol. The second kappa shape index (κ2) is 7.88. The maximum Gasteiger partial charge on any atom is 0.0490 e. The lowest BCUT2D eigenvalue weighted by Gasteiger charge is -2.14. The van der Waals surface area contributed by atoms with Crippen molar-refractivity contribution in [2.24, 2.45) is 0 Å². The third-order valence-corrected chi connectivity index (χ3v) is 4.25. The number of nitrogens with zero attached hydrogens (tertiary/aromatic N) is 2. The molecule has 23 heavy (non-hydrogen) atoms. The summed E-state index contributed by atoms with van der Waals surface area (Å²) >= 11 is 0. The maximum atomic E-state index is 4.16. The minimum atomic E-state index is 0.532. The molecule has 4 nitrogen and oxygen atoms in total. The summed E-state index contributed by atoms with van der Waals surface area (Å²) in [6.45, 7) is 3.18. The molecule has 0 saturated carbocycles. The van der Waals surface area contributed by atoms with Crippen LogP contribution >= 0.6 is 0 Å². The third kappa shape index (κ3) is 4.63. The van der Waals surface area contributed by atoms with Crippen LogP contribution in [0.2, 0.25) is 0 Å². The molecule has 0 bridgehead atoms. The Kier molecular flexibility index (Phi) is 5.37. The smallest absolute Gasteiger partial charge is 0.0490 e. The first kappa shape index (κ1) is 15.7. The van der Waals surface area contributed by atoms with Crippen LogP contribution in [0.25, 0.3) is 10.8 Å². The van der Waals surface area contributed by atoms with Gasteiger partial charge in [-0.15, -0.1) is 0 Å². The van der Waals surface area contributed by atoms with Gasteiger partial charge in [0, 0.05) is 42.3 Å². The zero-order valence-electron chi connectivity index (χ0n) is 13.6. The van der Waals surface area contributed by atoms with Gasteiger partial charge in [0.15, 0.2) is 0 Å². The monoisotopic (exact) mass is 308 g/mol. The molecule has 2 aromatic heterocycles. The zero-order chi connectivity index (χ0) is 15.9. The van der Waals surface area contributed by atoms with Crippen LogP contribution in [0, 0.1) is 0 Å². The number of benzene rings is 1. The number of aromatic amines is 1. The fourth-order valence-corrected chi connectivity index (χ4v) is 2.83. The fourth-order valence-electron chi connectivity index (χ4n) is 2.83. The van der Waals surface area contributed by atoms with Gasteiger partial charge in [-0.2, -0.15) is 5.10 Å². The lowest BCUT2D eigenvalue weighted by Crippen LogP contribution is -2.25. The van der Waals surface area contributed by atoms with Gasteiger partial charge < -0.3 is 5.32 Å². The Labute approximate surface area is 137 Å². The summed E-state index contributed by atoms with van der Waals surface area (Å²) in [6.07, 6.45) is 10.3. The Balaban J connectivity index is 1.40. The summed E-state index contributed by atoms with van der Waals surface area (Å²) in [5, 5.41) is 13.1. The van der Waals surface area contributed by atoms with E-state index in [1.807, 2.05) is 18.6 Å². The average Bonchev–Trinajstić information content (AvgIpc) is 3.10. The topological polar surface area (TPSA) is 53.6 Å². The standard InChI is InChI=1S/C19H24N4/c1-15(4-2-3-5-19-9-11-22-23-19)21-13-16-6-7-18-14-20-10-8-17(18)12-16/h6-12,14-15,21H,2-5,13H2,1H3,(H,22,23)/t15-/m1/s1. The van der Waals surface area contributed by atoms with Gasteiger partial charge in [-0.1, -0.05) is 18.6 Å². The minimum Gasteiger partial charge on any atom is -0.310 e. The van der Waals surface area contributed by atoms with Gasteiger partial charge in [-0.25, -0.2) is 0 Å². The number of nitrogens with one attached hydrogen (secondary N) is 2. The van der Waals surface area contributed by atoms with Crippen molar-refractivity contribution in [3.05, 3.63) is 60.2 Å². The summed E-state index contributed by atoms with van der Waals surface area (Å²) in [5.41, 5.74) is 2.56. The summed E-state index contributed by atoms with van der Waals surface area (Å²) in [4.78, 5) is 4.16. The molecule has 2 heterocycles. The van der Waals surface area contributed by atoms with Crippen molar-refractivity contribution in [2.45, 2.75) is 45.2 Å². The van der Waals surface area contributed by atoms with Crippen molar-refractivity contribution in [3.8, 4) is 0 Å². The summed E-state index contributed by atoms with van der Waals surface area (Å²) in [5.74, 6) is 0. The maximum absolute atomic E-state index is 4.16. The molecule has 0 amide bonds. The second-order valence-corrected chi connectivity index (χ2v) is 6.17. The molecule has 0 spiro atoms. The number of unbranched alkanes of at least 4 members (excludes halogenated alkanes) is 1. The van der Waals surface area contributed by atoms with Crippen LogP contribution in [0.3, 0.4) is 0 Å². The first-order valence-corrected chi connectivity index (χ1v) is 8.35. The van der Waals surface area contributed by atoms with Crippen molar-refractivity contribution in [2.75, 3.05) is 0 Å². The number of aromatic nitrogens is 3. The Hall–Kier alpha value is -2.20. The molecule has 0 aliphatic rings. The van der Waals surface area contributed by atoms with E-state index in [4.69, 9.17) is 0 Å². The molecule has 0 unspecified atom stereocenters. The van der Waals surface area contributed by atoms with E-state index in [1.54, 1.807) is 0 Å². The van der Waals surface area contributed by atoms with Gasteiger partial charge in [-0.05, 0) is 55.3 Å². The molecule has 1 aromatic carbocycles. The largest absolute Gasteiger partial charge is 0.310 e. The lowest BCUT2D eigenvalue weighted by atomic mass is 10.1. The summed E-state index contributed by atoms with van der Waals surface area (Å²) < 4.78 is 0. The minimum absolute atomic E-state index is 0.532. The highest BCUT2D eigenvalue weighted by molar-refractivity contribution is 5.81. The average molecular weight is 308 g/mol. The number of pyridine rings is 1. The van der Waals surface area contributed by atoms with Gasteiger partial charge in [-0.3, -0.25) is 10.1 Å². The van der Waals surface area contributed by atoms with Crippen LogP contribution in [-0.4, -0.2) is 21.2 Å². The van der Waals surface area contributed by atoms with E-state index in [0.29, 0.717) is 6.04 Å². The number of rotatable bonds is 8. The SMILES string of the molecule is C[C@H](CCCCc1ccn[nH]1)NCc1ccc2cnccc2c1. The van der Waals surface area contributed by atoms with E-state index < -0.39 is 0 Å². The van der Waals surface area contributed by atoms with Gasteiger partial charge in [0.2, 0.25) is 0 Å². The van der Waals surface area contributed by atoms with Gasteiger partial charge in [0.05, 0.1) is 0 Å². The molecule has 0 radical (unpaired) electrons. The Bertz CT molecular complexity index is 721. The quantitative estimate of drug-likeness (QED) is 0.621. The summed E-state index contributed by atoms with van der Waals surface area (Å²) in [7, 11) is 0. The van der Waals surface area contributed by atoms with Crippen molar-refractivity contribution in [1.82, 2.24) is 20.5 Å². The zero-order valence-corrected chi connectivity index (χ0v) is 13.6. The van der Waals surface area contributed by atoms with Crippen molar-refractivity contribution in [3.63, 3.8) is 0 Å². The molecule has 3 aromatic rings. The molecule has 3 rings (SSSR count). The highest BCUT2D eigenvalue weighted by Gasteiger charge is 2.03. The fraction of sp³-hybridized carbons (Fsp3) is 0.368. The first-order valence-electron chi connectivity index (χ1n) is 8.35. The van der Waals surface area contributed by atoms with Crippen LogP contribution in [0.1, 0.15) is 37.4 Å². The number of fused-ring (bicyclic) bond motifs is 1. The number of H-pyrrole nitrogens is 1. The van der Waals surface area contributed by atoms with E-state index in [-0.39, 0.29) is 0 Å². The normalized spacial score (nSPS) is 12.6. The van der Waals surface area contributed by atoms with Crippen LogP contribution in [-0.2, 0) is 13.0 Å². The van der Waals surface area contributed by atoms with E-state index in [2.05, 4.69) is 57.8 Å². The van der Waals surface area contributed by atoms with Crippen molar-refractivity contribution in [1.29, 1.82) is 0 Å². The molecule has 0 saturated heterocycles. The Morgan fingerprint density at radius 3 is 2.91 bits per heavy atom. The molecule has 1 atom stereocenters. The van der Waals surface area contributed by atoms with E-state index in [9.17, 15) is 0 Å². The highest BCUT2D eigenvalue weighted by Crippen LogP contribution is 2.14. The Morgan fingerprint density at radius 2 is 2.04 bits per heavy atom. The summed E-state index contributed by atoms with van der Waals surface area (Å²) in [6, 6.07) is 11.2. The number of aryl methyl sites for hydroxylation is 1. The van der Waals surface area contributed by atoms with Crippen molar-refractivity contribution < 1.29 is 0 Å². The number of hydrogen-bond acceptors (Lipinski definition) is 3. The van der Waals surface area contributed by atoms with Crippen LogP contribution < -0.4 is 5.32 Å². The van der Waals surface area contributed by atoms with Crippen molar-refractivity contribution >= 4 is 10.8 Å². The number of hydrogen-bond donors (Lipinski definition) is 2. The second-order valence-electron chi connectivity index (χ2n) is 6.17. The molecule has 4 heteroatoms. The molecular formula is C19H24N4. The van der Waals surface area contributed by atoms with E-state index in [0.717, 1.165) is 13.0 Å². The van der Waals surface area contributed by atoms with E-state index in [1.165, 1.54) is 41.3 Å². The van der Waals surface area contributed by atoms with Crippen LogP contribution in [0.5, 0.6) is 0 Å².